The van der Waals surface area contributed by atoms with Crippen LogP contribution in [0.2, 0.25) is 0 Å². The maximum absolute atomic E-state index is 11.5. The zero-order chi connectivity index (χ0) is 11.5. The van der Waals surface area contributed by atoms with E-state index in [0.717, 1.165) is 10.8 Å². The van der Waals surface area contributed by atoms with E-state index in [1.165, 1.54) is 0 Å². The first-order valence-electron chi connectivity index (χ1n) is 4.88. The summed E-state index contributed by atoms with van der Waals surface area (Å²) in [4.78, 5) is 21.8. The minimum atomic E-state index is -1.35. The van der Waals surface area contributed by atoms with E-state index in [-0.39, 0.29) is 0 Å². The first-order valence-corrected chi connectivity index (χ1v) is 4.88. The van der Waals surface area contributed by atoms with E-state index in [0.29, 0.717) is 5.56 Å². The van der Waals surface area contributed by atoms with Crippen LogP contribution in [-0.4, -0.2) is 11.8 Å². The van der Waals surface area contributed by atoms with Crippen molar-refractivity contribution in [3.63, 3.8) is 0 Å². The number of rotatable bonds is 3. The molecule has 80 valence electrons. The van der Waals surface area contributed by atoms with Gasteiger partial charge in [-0.2, -0.15) is 0 Å². The first-order chi connectivity index (χ1) is 7.66. The molecule has 0 aliphatic carbocycles. The Kier molecular flexibility index (Phi) is 2.68. The normalized spacial score (nSPS) is 10.2. The summed E-state index contributed by atoms with van der Waals surface area (Å²) in [6.07, 6.45) is -0.571. The molecule has 0 aromatic heterocycles. The fraction of sp³-hybridized carbons (Fsp3) is 0.0769. The summed E-state index contributed by atoms with van der Waals surface area (Å²) in [6.45, 7) is 0. The molecule has 0 saturated carbocycles. The lowest BCUT2D eigenvalue weighted by atomic mass is 10.0. The monoisotopic (exact) mass is 213 g/mol. The van der Waals surface area contributed by atoms with E-state index in [9.17, 15) is 14.7 Å². The Balaban J connectivity index is 2.39. The molecule has 0 radical (unpaired) electrons. The number of ketones is 1. The van der Waals surface area contributed by atoms with E-state index in [1.807, 2.05) is 24.3 Å². The van der Waals surface area contributed by atoms with Crippen molar-refractivity contribution in [2.45, 2.75) is 6.42 Å². The van der Waals surface area contributed by atoms with Gasteiger partial charge in [0.15, 0.2) is 5.78 Å². The van der Waals surface area contributed by atoms with Gasteiger partial charge < -0.3 is 9.90 Å². The van der Waals surface area contributed by atoms with Crippen molar-refractivity contribution in [1.29, 1.82) is 0 Å². The summed E-state index contributed by atoms with van der Waals surface area (Å²) in [6, 6.07) is 12.7. The number of hydrogen-bond acceptors (Lipinski definition) is 3. The predicted octanol–water partition coefficient (Wildman–Crippen LogP) is 1.16. The van der Waals surface area contributed by atoms with Crippen LogP contribution in [-0.2, 0) is 4.79 Å². The van der Waals surface area contributed by atoms with E-state index in [2.05, 4.69) is 0 Å². The average Bonchev–Trinajstić information content (AvgIpc) is 2.27. The molecule has 0 amide bonds. The van der Waals surface area contributed by atoms with Gasteiger partial charge in [0, 0.05) is 11.5 Å². The standard InChI is InChI=1S/C13H10O3/c14-12(8-13(15)16)11-6-5-9-3-1-2-4-10(9)7-11/h1-7H,8H2,(H,15,16)/p-1. The van der Waals surface area contributed by atoms with E-state index in [1.54, 1.807) is 18.2 Å². The number of fused-ring (bicyclic) bond motifs is 1. The second-order valence-corrected chi connectivity index (χ2v) is 3.53. The maximum atomic E-state index is 11.5. The lowest BCUT2D eigenvalue weighted by Gasteiger charge is -2.03. The van der Waals surface area contributed by atoms with Crippen LogP contribution in [0, 0.1) is 0 Å². The average molecular weight is 213 g/mol. The summed E-state index contributed by atoms with van der Waals surface area (Å²) < 4.78 is 0. The van der Waals surface area contributed by atoms with Crippen molar-refractivity contribution in [2.75, 3.05) is 0 Å². The summed E-state index contributed by atoms with van der Waals surface area (Å²) in [5, 5.41) is 12.3. The topological polar surface area (TPSA) is 57.2 Å². The summed E-state index contributed by atoms with van der Waals surface area (Å²) in [5.41, 5.74) is 0.405. The fourth-order valence-electron chi connectivity index (χ4n) is 1.60. The molecule has 0 bridgehead atoms. The molecule has 0 spiro atoms. The molecule has 2 aromatic rings. The number of carbonyl (C=O) groups is 2. The third-order valence-corrected chi connectivity index (χ3v) is 2.38. The molecular weight excluding hydrogens is 204 g/mol. The molecule has 0 saturated heterocycles. The van der Waals surface area contributed by atoms with Gasteiger partial charge in [-0.15, -0.1) is 0 Å². The summed E-state index contributed by atoms with van der Waals surface area (Å²) >= 11 is 0. The Hall–Kier alpha value is -2.16. The van der Waals surface area contributed by atoms with Crippen LogP contribution in [0.1, 0.15) is 16.8 Å². The largest absolute Gasteiger partial charge is 0.550 e. The number of carboxylic acid groups (broad SMARTS) is 1. The van der Waals surface area contributed by atoms with Gasteiger partial charge in [0.25, 0.3) is 0 Å². The van der Waals surface area contributed by atoms with Crippen LogP contribution >= 0.6 is 0 Å². The van der Waals surface area contributed by atoms with Crippen LogP contribution in [0.25, 0.3) is 10.8 Å². The number of Topliss-reactive ketones (excluding diaryl/α,β-unsaturated/α-hetero) is 1. The van der Waals surface area contributed by atoms with Crippen molar-refractivity contribution >= 4 is 22.5 Å². The molecule has 2 rings (SSSR count). The van der Waals surface area contributed by atoms with Gasteiger partial charge in [-0.05, 0) is 16.8 Å². The van der Waals surface area contributed by atoms with Gasteiger partial charge in [-0.25, -0.2) is 0 Å². The number of hydrogen-bond donors (Lipinski definition) is 0. The highest BCUT2D eigenvalue weighted by Crippen LogP contribution is 2.16. The molecule has 0 fully saturated rings. The van der Waals surface area contributed by atoms with Crippen LogP contribution < -0.4 is 5.11 Å². The molecule has 0 heterocycles. The molecule has 0 unspecified atom stereocenters. The van der Waals surface area contributed by atoms with Crippen molar-refractivity contribution in [3.8, 4) is 0 Å². The molecule has 0 N–H and O–H groups in total. The number of carbonyl (C=O) groups excluding carboxylic acids is 2. The number of carboxylic acids is 1. The maximum Gasteiger partial charge on any atom is 0.168 e. The molecule has 0 aliphatic rings. The minimum Gasteiger partial charge on any atom is -0.550 e. The van der Waals surface area contributed by atoms with Crippen molar-refractivity contribution in [1.82, 2.24) is 0 Å². The second kappa shape index (κ2) is 4.14. The molecule has 3 heteroatoms. The zero-order valence-electron chi connectivity index (χ0n) is 8.47. The van der Waals surface area contributed by atoms with Crippen LogP contribution in [0.5, 0.6) is 0 Å². The highest BCUT2D eigenvalue weighted by atomic mass is 16.4. The van der Waals surface area contributed by atoms with Gasteiger partial charge in [0.05, 0.1) is 6.42 Å². The molecule has 0 aliphatic heterocycles. The third kappa shape index (κ3) is 2.08. The quantitative estimate of drug-likeness (QED) is 0.568. The smallest absolute Gasteiger partial charge is 0.168 e. The van der Waals surface area contributed by atoms with Gasteiger partial charge in [-0.1, -0.05) is 36.4 Å². The van der Waals surface area contributed by atoms with Gasteiger partial charge >= 0.3 is 0 Å². The summed E-state index contributed by atoms with van der Waals surface area (Å²) in [7, 11) is 0. The molecule has 2 aromatic carbocycles. The Morgan fingerprint density at radius 2 is 1.69 bits per heavy atom. The predicted molar refractivity (Wildman–Crippen MR) is 57.9 cm³/mol. The second-order valence-electron chi connectivity index (χ2n) is 3.53. The van der Waals surface area contributed by atoms with Gasteiger partial charge in [0.2, 0.25) is 0 Å². The number of aliphatic carboxylic acids is 1. The highest BCUT2D eigenvalue weighted by molar-refractivity contribution is 6.06. The molecule has 16 heavy (non-hydrogen) atoms. The fourth-order valence-corrected chi connectivity index (χ4v) is 1.60. The molecule has 3 nitrogen and oxygen atoms in total. The van der Waals surface area contributed by atoms with E-state index >= 15 is 0 Å². The van der Waals surface area contributed by atoms with Crippen LogP contribution in [0.4, 0.5) is 0 Å². The Morgan fingerprint density at radius 1 is 1.00 bits per heavy atom. The Labute approximate surface area is 92.3 Å². The van der Waals surface area contributed by atoms with Crippen molar-refractivity contribution in [2.24, 2.45) is 0 Å². The molecule has 0 atom stereocenters. The van der Waals surface area contributed by atoms with Gasteiger partial charge in [-0.3, -0.25) is 4.79 Å². The zero-order valence-corrected chi connectivity index (χ0v) is 8.47. The number of benzene rings is 2. The van der Waals surface area contributed by atoms with E-state index < -0.39 is 18.2 Å². The molecular formula is C13H9O3-. The lowest BCUT2D eigenvalue weighted by Crippen LogP contribution is -2.25. The third-order valence-electron chi connectivity index (χ3n) is 2.38. The first kappa shape index (κ1) is 10.4. The van der Waals surface area contributed by atoms with Crippen molar-refractivity contribution in [3.05, 3.63) is 48.0 Å². The lowest BCUT2D eigenvalue weighted by molar-refractivity contribution is -0.304. The van der Waals surface area contributed by atoms with Crippen LogP contribution in [0.15, 0.2) is 42.5 Å². The van der Waals surface area contributed by atoms with Gasteiger partial charge in [0.1, 0.15) is 0 Å². The van der Waals surface area contributed by atoms with Crippen LogP contribution in [0.3, 0.4) is 0 Å². The Morgan fingerprint density at radius 3 is 2.38 bits per heavy atom. The highest BCUT2D eigenvalue weighted by Gasteiger charge is 2.06. The SMILES string of the molecule is O=C([O-])CC(=O)c1ccc2ccccc2c1. The van der Waals surface area contributed by atoms with Crippen molar-refractivity contribution < 1.29 is 14.7 Å². The summed E-state index contributed by atoms with van der Waals surface area (Å²) in [5.74, 6) is -1.77. The minimum absolute atomic E-state index is 0.405. The van der Waals surface area contributed by atoms with E-state index in [4.69, 9.17) is 0 Å². The Bertz CT molecular complexity index is 558.